The molecule has 17 heavy (non-hydrogen) atoms. The van der Waals surface area contributed by atoms with Crippen molar-refractivity contribution in [2.45, 2.75) is 44.4 Å². The van der Waals surface area contributed by atoms with Crippen LogP contribution in [0, 0.1) is 5.82 Å². The van der Waals surface area contributed by atoms with Crippen molar-refractivity contribution >= 4 is 0 Å². The minimum atomic E-state index is -0.109. The molecule has 0 unspecified atom stereocenters. The summed E-state index contributed by atoms with van der Waals surface area (Å²) in [4.78, 5) is 0. The van der Waals surface area contributed by atoms with E-state index in [1.165, 1.54) is 43.7 Å². The normalized spacial score (nSPS) is 17.8. The Morgan fingerprint density at radius 2 is 2.06 bits per heavy atom. The van der Waals surface area contributed by atoms with Crippen molar-refractivity contribution in [1.82, 2.24) is 5.32 Å². The van der Waals surface area contributed by atoms with Gasteiger partial charge in [-0.3, -0.25) is 0 Å². The van der Waals surface area contributed by atoms with E-state index in [2.05, 4.69) is 18.3 Å². The first-order chi connectivity index (χ1) is 8.27. The summed E-state index contributed by atoms with van der Waals surface area (Å²) in [5, 5.41) is 3.34. The van der Waals surface area contributed by atoms with Crippen LogP contribution in [0.4, 0.5) is 4.39 Å². The predicted molar refractivity (Wildman–Crippen MR) is 69.7 cm³/mol. The lowest BCUT2D eigenvalue weighted by Gasteiger charge is -2.43. The van der Waals surface area contributed by atoms with E-state index in [0.29, 0.717) is 0 Å². The Morgan fingerprint density at radius 3 is 2.65 bits per heavy atom. The number of benzene rings is 1. The topological polar surface area (TPSA) is 12.0 Å². The first kappa shape index (κ1) is 12.6. The average Bonchev–Trinajstić information content (AvgIpc) is 2.27. The second-order valence-electron chi connectivity index (χ2n) is 5.20. The Kier molecular flexibility index (Phi) is 4.16. The molecule has 0 atom stereocenters. The monoisotopic (exact) mass is 235 g/mol. The number of nitrogens with one attached hydrogen (secondary N) is 1. The van der Waals surface area contributed by atoms with Gasteiger partial charge in [0.2, 0.25) is 0 Å². The van der Waals surface area contributed by atoms with Crippen LogP contribution in [0.2, 0.25) is 0 Å². The molecule has 1 heterocycles. The molecule has 1 N–H and O–H groups in total. The minimum Gasteiger partial charge on any atom is -0.315 e. The van der Waals surface area contributed by atoms with Gasteiger partial charge in [0.1, 0.15) is 5.82 Å². The quantitative estimate of drug-likeness (QED) is 0.742. The van der Waals surface area contributed by atoms with Crippen LogP contribution in [-0.4, -0.2) is 13.1 Å². The summed E-state index contributed by atoms with van der Waals surface area (Å²) >= 11 is 0. The van der Waals surface area contributed by atoms with Crippen molar-refractivity contribution in [3.63, 3.8) is 0 Å². The highest BCUT2D eigenvalue weighted by atomic mass is 19.1. The Bertz CT molecular complexity index is 358. The van der Waals surface area contributed by atoms with Crippen molar-refractivity contribution in [1.29, 1.82) is 0 Å². The van der Waals surface area contributed by atoms with E-state index in [1.54, 1.807) is 6.07 Å². The molecule has 2 rings (SSSR count). The van der Waals surface area contributed by atoms with Gasteiger partial charge in [-0.1, -0.05) is 44.7 Å². The molecule has 1 fully saturated rings. The zero-order chi connectivity index (χ0) is 12.1. The zero-order valence-electron chi connectivity index (χ0n) is 10.6. The van der Waals surface area contributed by atoms with Gasteiger partial charge in [-0.05, 0) is 24.1 Å². The third-order valence-corrected chi connectivity index (χ3v) is 3.87. The molecule has 0 spiro atoms. The fraction of sp³-hybridized carbons (Fsp3) is 0.600. The molecule has 1 saturated heterocycles. The molecular formula is C15H22FN. The Morgan fingerprint density at radius 1 is 1.24 bits per heavy atom. The summed E-state index contributed by atoms with van der Waals surface area (Å²) < 4.78 is 13.3. The van der Waals surface area contributed by atoms with E-state index < -0.39 is 0 Å². The van der Waals surface area contributed by atoms with Gasteiger partial charge in [0, 0.05) is 18.5 Å². The Labute approximate surface area is 103 Å². The summed E-state index contributed by atoms with van der Waals surface area (Å²) in [6.07, 6.45) is 6.32. The molecule has 1 aliphatic heterocycles. The molecule has 0 aromatic heterocycles. The smallest absolute Gasteiger partial charge is 0.123 e. The first-order valence-corrected chi connectivity index (χ1v) is 6.74. The number of hydrogen-bond donors (Lipinski definition) is 1. The van der Waals surface area contributed by atoms with E-state index in [-0.39, 0.29) is 11.2 Å². The first-order valence-electron chi connectivity index (χ1n) is 6.74. The Hall–Kier alpha value is -0.890. The summed E-state index contributed by atoms with van der Waals surface area (Å²) in [6.45, 7) is 4.23. The van der Waals surface area contributed by atoms with Gasteiger partial charge < -0.3 is 5.32 Å². The molecule has 2 heteroatoms. The van der Waals surface area contributed by atoms with E-state index in [9.17, 15) is 4.39 Å². The second kappa shape index (κ2) is 5.63. The number of rotatable bonds is 6. The van der Waals surface area contributed by atoms with Crippen LogP contribution in [0.1, 0.15) is 44.6 Å². The fourth-order valence-electron chi connectivity index (χ4n) is 2.66. The molecule has 0 radical (unpaired) electrons. The highest BCUT2D eigenvalue weighted by Crippen LogP contribution is 2.34. The third-order valence-electron chi connectivity index (χ3n) is 3.87. The van der Waals surface area contributed by atoms with E-state index in [1.807, 2.05) is 6.07 Å². The largest absolute Gasteiger partial charge is 0.315 e. The van der Waals surface area contributed by atoms with Crippen LogP contribution in [0.25, 0.3) is 0 Å². The van der Waals surface area contributed by atoms with Gasteiger partial charge in [-0.2, -0.15) is 0 Å². The van der Waals surface area contributed by atoms with Crippen LogP contribution >= 0.6 is 0 Å². The molecule has 94 valence electrons. The molecule has 1 aromatic carbocycles. The molecule has 1 aromatic rings. The third kappa shape index (κ3) is 2.86. The highest BCUT2D eigenvalue weighted by molar-refractivity contribution is 5.30. The van der Waals surface area contributed by atoms with Crippen molar-refractivity contribution in [2.75, 3.05) is 13.1 Å². The van der Waals surface area contributed by atoms with Gasteiger partial charge in [-0.15, -0.1) is 0 Å². The molecule has 1 nitrogen and oxygen atoms in total. The molecule has 1 aliphatic rings. The van der Waals surface area contributed by atoms with Gasteiger partial charge in [-0.25, -0.2) is 4.39 Å². The van der Waals surface area contributed by atoms with Crippen LogP contribution in [0.15, 0.2) is 24.3 Å². The van der Waals surface area contributed by atoms with Crippen molar-refractivity contribution < 1.29 is 4.39 Å². The number of halogens is 1. The molecular weight excluding hydrogens is 213 g/mol. The molecule has 0 saturated carbocycles. The SMILES string of the molecule is CCCCCCC1(c2cccc(F)c2)CNC1. The van der Waals surface area contributed by atoms with E-state index in [4.69, 9.17) is 0 Å². The lowest BCUT2D eigenvalue weighted by atomic mass is 9.71. The standard InChI is InChI=1S/C15H22FN/c1-2-3-4-5-9-15(11-17-12-15)13-7-6-8-14(16)10-13/h6-8,10,17H,2-5,9,11-12H2,1H3. The second-order valence-corrected chi connectivity index (χ2v) is 5.20. The van der Waals surface area contributed by atoms with Gasteiger partial charge in [0.15, 0.2) is 0 Å². The van der Waals surface area contributed by atoms with Gasteiger partial charge >= 0.3 is 0 Å². The lowest BCUT2D eigenvalue weighted by molar-refractivity contribution is 0.249. The van der Waals surface area contributed by atoms with Crippen molar-refractivity contribution in [2.24, 2.45) is 0 Å². The highest BCUT2D eigenvalue weighted by Gasteiger charge is 2.37. The lowest BCUT2D eigenvalue weighted by Crippen LogP contribution is -2.56. The summed E-state index contributed by atoms with van der Waals surface area (Å²) in [5.74, 6) is -0.109. The van der Waals surface area contributed by atoms with Crippen LogP contribution in [-0.2, 0) is 5.41 Å². The van der Waals surface area contributed by atoms with Crippen LogP contribution in [0.5, 0.6) is 0 Å². The zero-order valence-corrected chi connectivity index (χ0v) is 10.6. The van der Waals surface area contributed by atoms with Crippen molar-refractivity contribution in [3.05, 3.63) is 35.6 Å². The maximum absolute atomic E-state index is 13.3. The number of hydrogen-bond acceptors (Lipinski definition) is 1. The maximum Gasteiger partial charge on any atom is 0.123 e. The molecule has 0 aliphatic carbocycles. The fourth-order valence-corrected chi connectivity index (χ4v) is 2.66. The summed E-state index contributed by atoms with van der Waals surface area (Å²) in [5.41, 5.74) is 1.38. The van der Waals surface area contributed by atoms with Crippen LogP contribution < -0.4 is 5.32 Å². The van der Waals surface area contributed by atoms with Crippen LogP contribution in [0.3, 0.4) is 0 Å². The van der Waals surface area contributed by atoms with Gasteiger partial charge in [0.25, 0.3) is 0 Å². The summed E-state index contributed by atoms with van der Waals surface area (Å²) in [7, 11) is 0. The molecule has 0 amide bonds. The minimum absolute atomic E-state index is 0.109. The predicted octanol–water partition coefficient (Wildman–Crippen LogP) is 3.64. The van der Waals surface area contributed by atoms with Gasteiger partial charge in [0.05, 0.1) is 0 Å². The van der Waals surface area contributed by atoms with Crippen molar-refractivity contribution in [3.8, 4) is 0 Å². The average molecular weight is 235 g/mol. The van der Waals surface area contributed by atoms with E-state index in [0.717, 1.165) is 13.1 Å². The molecule has 0 bridgehead atoms. The Balaban J connectivity index is 1.99. The summed E-state index contributed by atoms with van der Waals surface area (Å²) in [6, 6.07) is 7.14. The number of unbranched alkanes of at least 4 members (excludes halogenated alkanes) is 3. The maximum atomic E-state index is 13.3. The van der Waals surface area contributed by atoms with E-state index >= 15 is 0 Å².